The number of anilines is 1. The number of hydrogen-bond acceptors (Lipinski definition) is 3. The van der Waals surface area contributed by atoms with Crippen LogP contribution in [-0.4, -0.2) is 14.5 Å². The van der Waals surface area contributed by atoms with Crippen molar-refractivity contribution in [2.45, 2.75) is 43.5 Å². The van der Waals surface area contributed by atoms with Gasteiger partial charge in [0.2, 0.25) is 10.0 Å². The van der Waals surface area contributed by atoms with E-state index in [9.17, 15) is 12.8 Å². The maximum atomic E-state index is 13.3. The lowest BCUT2D eigenvalue weighted by molar-refractivity contribution is 0.327. The standard InChI is InChI=1S/C13H18BrFN2O2S/c1-8-3-2-4-9(5-8)17-20(18,19)13-7-12(16)11(15)6-10(13)14/h6-9,17H,2-5,16H2,1H3. The molecule has 2 rings (SSSR count). The summed E-state index contributed by atoms with van der Waals surface area (Å²) >= 11 is 3.08. The van der Waals surface area contributed by atoms with Crippen molar-refractivity contribution in [3.05, 3.63) is 22.4 Å². The molecular weight excluding hydrogens is 347 g/mol. The molecule has 0 bridgehead atoms. The highest BCUT2D eigenvalue weighted by Gasteiger charge is 2.26. The number of hydrogen-bond donors (Lipinski definition) is 2. The molecule has 1 aromatic rings. The van der Waals surface area contributed by atoms with Crippen LogP contribution in [0.1, 0.15) is 32.6 Å². The summed E-state index contributed by atoms with van der Waals surface area (Å²) in [4.78, 5) is -0.0189. The van der Waals surface area contributed by atoms with Gasteiger partial charge in [0.15, 0.2) is 0 Å². The SMILES string of the molecule is CC1CCCC(NS(=O)(=O)c2cc(N)c(F)cc2Br)C1. The highest BCUT2D eigenvalue weighted by molar-refractivity contribution is 9.10. The molecule has 2 atom stereocenters. The number of benzene rings is 1. The zero-order valence-corrected chi connectivity index (χ0v) is 13.6. The Labute approximate surface area is 127 Å². The molecule has 0 aliphatic heterocycles. The summed E-state index contributed by atoms with van der Waals surface area (Å²) in [5.74, 6) is -0.125. The minimum atomic E-state index is -3.70. The number of nitrogens with one attached hydrogen (secondary N) is 1. The summed E-state index contributed by atoms with van der Waals surface area (Å²) in [7, 11) is -3.70. The molecule has 0 heterocycles. The Morgan fingerprint density at radius 3 is 2.75 bits per heavy atom. The normalized spacial score (nSPS) is 23.8. The minimum absolute atomic E-state index is 0.0189. The number of nitrogens with two attached hydrogens (primary N) is 1. The fourth-order valence-corrected chi connectivity index (χ4v) is 4.91. The Morgan fingerprint density at radius 2 is 2.10 bits per heavy atom. The van der Waals surface area contributed by atoms with E-state index in [0.29, 0.717) is 5.92 Å². The second-order valence-electron chi connectivity index (χ2n) is 5.39. The van der Waals surface area contributed by atoms with Gasteiger partial charge < -0.3 is 5.73 Å². The number of halogens is 2. The lowest BCUT2D eigenvalue weighted by atomic mass is 9.88. The maximum absolute atomic E-state index is 13.3. The van der Waals surface area contributed by atoms with Gasteiger partial charge in [0, 0.05) is 10.5 Å². The maximum Gasteiger partial charge on any atom is 0.242 e. The van der Waals surface area contributed by atoms with Gasteiger partial charge in [-0.3, -0.25) is 0 Å². The van der Waals surface area contributed by atoms with Gasteiger partial charge in [-0.05, 0) is 46.8 Å². The van der Waals surface area contributed by atoms with Crippen molar-refractivity contribution in [1.82, 2.24) is 4.72 Å². The van der Waals surface area contributed by atoms with Crippen LogP contribution in [0.4, 0.5) is 10.1 Å². The third kappa shape index (κ3) is 3.51. The van der Waals surface area contributed by atoms with Crippen LogP contribution < -0.4 is 10.5 Å². The summed E-state index contributed by atoms with van der Waals surface area (Å²) in [5, 5.41) is 0. The first-order valence-corrected chi connectivity index (χ1v) is 8.84. The summed E-state index contributed by atoms with van der Waals surface area (Å²) in [6.07, 6.45) is 3.80. The molecule has 1 aromatic carbocycles. The molecule has 3 N–H and O–H groups in total. The average molecular weight is 365 g/mol. The molecule has 0 radical (unpaired) electrons. The van der Waals surface area contributed by atoms with Gasteiger partial charge in [0.1, 0.15) is 5.82 Å². The molecule has 2 unspecified atom stereocenters. The molecule has 4 nitrogen and oxygen atoms in total. The highest BCUT2D eigenvalue weighted by atomic mass is 79.9. The Balaban J connectivity index is 2.24. The fraction of sp³-hybridized carbons (Fsp3) is 0.538. The third-order valence-corrected chi connectivity index (χ3v) is 6.08. The molecule has 1 saturated carbocycles. The third-order valence-electron chi connectivity index (χ3n) is 3.60. The molecule has 1 aliphatic rings. The Hall–Kier alpha value is -0.660. The van der Waals surface area contributed by atoms with Crippen LogP contribution in [0.5, 0.6) is 0 Å². The molecule has 0 spiro atoms. The van der Waals surface area contributed by atoms with Crippen LogP contribution in [0.25, 0.3) is 0 Å². The molecule has 112 valence electrons. The Kier molecular flexibility index (Phi) is 4.71. The first-order chi connectivity index (χ1) is 9.29. The number of nitrogen functional groups attached to an aromatic ring is 1. The van der Waals surface area contributed by atoms with Gasteiger partial charge in [0.05, 0.1) is 10.6 Å². The van der Waals surface area contributed by atoms with Crippen molar-refractivity contribution >= 4 is 31.6 Å². The predicted octanol–water partition coefficient (Wildman–Crippen LogP) is 3.03. The van der Waals surface area contributed by atoms with Crippen molar-refractivity contribution in [2.24, 2.45) is 5.92 Å². The molecule has 1 aliphatic carbocycles. The van der Waals surface area contributed by atoms with E-state index < -0.39 is 15.8 Å². The minimum Gasteiger partial charge on any atom is -0.396 e. The fourth-order valence-electron chi connectivity index (χ4n) is 2.57. The monoisotopic (exact) mass is 364 g/mol. The first-order valence-electron chi connectivity index (χ1n) is 6.56. The smallest absolute Gasteiger partial charge is 0.242 e. The quantitative estimate of drug-likeness (QED) is 0.809. The molecule has 1 fully saturated rings. The largest absolute Gasteiger partial charge is 0.396 e. The van der Waals surface area contributed by atoms with E-state index in [1.165, 1.54) is 0 Å². The van der Waals surface area contributed by atoms with Gasteiger partial charge in [-0.15, -0.1) is 0 Å². The van der Waals surface area contributed by atoms with Gasteiger partial charge in [0.25, 0.3) is 0 Å². The van der Waals surface area contributed by atoms with Crippen LogP contribution in [0, 0.1) is 11.7 Å². The summed E-state index contributed by atoms with van der Waals surface area (Å²) in [6, 6.07) is 2.16. The van der Waals surface area contributed by atoms with Crippen LogP contribution in [0.15, 0.2) is 21.5 Å². The second kappa shape index (κ2) is 5.99. The predicted molar refractivity (Wildman–Crippen MR) is 80.3 cm³/mol. The van der Waals surface area contributed by atoms with Crippen molar-refractivity contribution < 1.29 is 12.8 Å². The lowest BCUT2D eigenvalue weighted by Crippen LogP contribution is -2.38. The Morgan fingerprint density at radius 1 is 1.40 bits per heavy atom. The van der Waals surface area contributed by atoms with E-state index in [2.05, 4.69) is 27.6 Å². The summed E-state index contributed by atoms with van der Waals surface area (Å²) in [5.41, 5.74) is 5.28. The van der Waals surface area contributed by atoms with Crippen LogP contribution in [-0.2, 0) is 10.0 Å². The molecule has 0 amide bonds. The van der Waals surface area contributed by atoms with E-state index in [0.717, 1.165) is 37.8 Å². The second-order valence-corrected chi connectivity index (χ2v) is 7.93. The molecular formula is C13H18BrFN2O2S. The Bertz CT molecular complexity index is 607. The van der Waals surface area contributed by atoms with Crippen molar-refractivity contribution in [2.75, 3.05) is 5.73 Å². The molecule has 0 aromatic heterocycles. The van der Waals surface area contributed by atoms with Crippen LogP contribution in [0.3, 0.4) is 0 Å². The summed E-state index contributed by atoms with van der Waals surface area (Å²) in [6.45, 7) is 2.12. The molecule has 20 heavy (non-hydrogen) atoms. The van der Waals surface area contributed by atoms with Crippen molar-refractivity contribution in [1.29, 1.82) is 0 Å². The average Bonchev–Trinajstić information content (AvgIpc) is 2.33. The highest BCUT2D eigenvalue weighted by Crippen LogP contribution is 2.29. The van der Waals surface area contributed by atoms with Gasteiger partial charge in [-0.1, -0.05) is 19.8 Å². The van der Waals surface area contributed by atoms with Crippen molar-refractivity contribution in [3.63, 3.8) is 0 Å². The van der Waals surface area contributed by atoms with Gasteiger partial charge in [-0.25, -0.2) is 17.5 Å². The van der Waals surface area contributed by atoms with E-state index in [1.54, 1.807) is 0 Å². The van der Waals surface area contributed by atoms with Crippen LogP contribution in [0.2, 0.25) is 0 Å². The van der Waals surface area contributed by atoms with E-state index in [-0.39, 0.29) is 21.1 Å². The zero-order chi connectivity index (χ0) is 14.9. The van der Waals surface area contributed by atoms with E-state index >= 15 is 0 Å². The van der Waals surface area contributed by atoms with E-state index in [1.807, 2.05) is 0 Å². The topological polar surface area (TPSA) is 72.2 Å². The number of sulfonamides is 1. The molecule has 7 heteroatoms. The van der Waals surface area contributed by atoms with Crippen molar-refractivity contribution in [3.8, 4) is 0 Å². The van der Waals surface area contributed by atoms with Gasteiger partial charge in [-0.2, -0.15) is 0 Å². The van der Waals surface area contributed by atoms with Crippen LogP contribution >= 0.6 is 15.9 Å². The summed E-state index contributed by atoms with van der Waals surface area (Å²) < 4.78 is 40.9. The van der Waals surface area contributed by atoms with E-state index in [4.69, 9.17) is 5.73 Å². The first kappa shape index (κ1) is 15.7. The molecule has 0 saturated heterocycles. The number of rotatable bonds is 3. The lowest BCUT2D eigenvalue weighted by Gasteiger charge is -2.27. The van der Waals surface area contributed by atoms with Gasteiger partial charge >= 0.3 is 0 Å². The zero-order valence-electron chi connectivity index (χ0n) is 11.2.